The summed E-state index contributed by atoms with van der Waals surface area (Å²) in [7, 11) is 0. The lowest BCUT2D eigenvalue weighted by molar-refractivity contribution is -0.133. The van der Waals surface area contributed by atoms with E-state index in [1.807, 2.05) is 29.3 Å². The third-order valence-corrected chi connectivity index (χ3v) is 7.52. The summed E-state index contributed by atoms with van der Waals surface area (Å²) < 4.78 is 0. The highest BCUT2D eigenvalue weighted by molar-refractivity contribution is 5.93. The summed E-state index contributed by atoms with van der Waals surface area (Å²) in [5.74, 6) is 1.26. The summed E-state index contributed by atoms with van der Waals surface area (Å²) in [5, 5.41) is 4.32. The second kappa shape index (κ2) is 11.0. The molecule has 5 heterocycles. The highest BCUT2D eigenvalue weighted by Gasteiger charge is 2.31. The first-order valence-electron chi connectivity index (χ1n) is 13.3. The Balaban J connectivity index is 1.31. The third kappa shape index (κ3) is 5.67. The monoisotopic (exact) mass is 503 g/mol. The molecule has 3 aromatic heterocycles. The zero-order valence-electron chi connectivity index (χ0n) is 22.0. The molecule has 2 N–H and O–H groups in total. The minimum absolute atomic E-state index is 0.116. The van der Waals surface area contributed by atoms with Crippen molar-refractivity contribution in [3.05, 3.63) is 42.2 Å². The predicted octanol–water partition coefficient (Wildman–Crippen LogP) is 2.48. The molecule has 0 aromatic carbocycles. The molecule has 2 atom stereocenters. The van der Waals surface area contributed by atoms with Crippen molar-refractivity contribution in [2.45, 2.75) is 45.7 Å². The van der Waals surface area contributed by atoms with Gasteiger partial charge in [0.15, 0.2) is 0 Å². The van der Waals surface area contributed by atoms with E-state index in [0.29, 0.717) is 12.8 Å². The van der Waals surface area contributed by atoms with Crippen molar-refractivity contribution in [1.29, 1.82) is 0 Å². The van der Waals surface area contributed by atoms with Gasteiger partial charge >= 0.3 is 0 Å². The summed E-state index contributed by atoms with van der Waals surface area (Å²) in [6, 6.07) is 8.38. The Morgan fingerprint density at radius 1 is 1.11 bits per heavy atom. The molecular weight excluding hydrogens is 466 g/mol. The number of carbonyl (C=O) groups is 2. The SMILES string of the molecule is CC(=O)N1[C@H](C)CN(c2cccc(-c3c[nH]c4ncc(CC(=O)CCN5CCNCC5)cc34)n2)C[C@@H]1C. The van der Waals surface area contributed by atoms with Gasteiger partial charge in [-0.1, -0.05) is 6.07 Å². The van der Waals surface area contributed by atoms with Crippen LogP contribution in [0.15, 0.2) is 36.7 Å². The van der Waals surface area contributed by atoms with E-state index in [9.17, 15) is 9.59 Å². The van der Waals surface area contributed by atoms with Crippen molar-refractivity contribution in [2.75, 3.05) is 50.7 Å². The third-order valence-electron chi connectivity index (χ3n) is 7.52. The number of fused-ring (bicyclic) bond motifs is 1. The molecule has 0 saturated carbocycles. The van der Waals surface area contributed by atoms with Crippen LogP contribution in [0.3, 0.4) is 0 Å². The van der Waals surface area contributed by atoms with Gasteiger partial charge in [-0.2, -0.15) is 0 Å². The number of ketones is 1. The molecular formula is C28H37N7O2. The lowest BCUT2D eigenvalue weighted by Gasteiger charge is -2.44. The molecule has 1 amide bonds. The van der Waals surface area contributed by atoms with Crippen molar-refractivity contribution >= 4 is 28.5 Å². The molecule has 0 unspecified atom stereocenters. The summed E-state index contributed by atoms with van der Waals surface area (Å²) in [6.45, 7) is 12.1. The standard InChI is InChI=1S/C28H37N7O2/c1-19-17-34(18-20(2)35(19)21(3)36)27-6-4-5-26(32-27)25-16-31-28-24(25)14-22(15-30-28)13-23(37)7-10-33-11-8-29-9-12-33/h4-6,14-16,19-20,29H,7-13,17-18H2,1-3H3,(H,30,31)/t19-,20+. The van der Waals surface area contributed by atoms with Crippen LogP contribution in [0.1, 0.15) is 32.8 Å². The smallest absolute Gasteiger partial charge is 0.220 e. The minimum atomic E-state index is 0.116. The topological polar surface area (TPSA) is 97.5 Å². The Morgan fingerprint density at radius 3 is 2.59 bits per heavy atom. The number of amides is 1. The number of Topliss-reactive ketones (excluding diaryl/α,β-unsaturated/α-hetero) is 1. The number of aromatic amines is 1. The first-order valence-corrected chi connectivity index (χ1v) is 13.3. The van der Waals surface area contributed by atoms with Crippen LogP contribution in [0.4, 0.5) is 5.82 Å². The number of carbonyl (C=O) groups excluding carboxylic acids is 2. The van der Waals surface area contributed by atoms with E-state index in [4.69, 9.17) is 4.98 Å². The zero-order valence-corrected chi connectivity index (χ0v) is 22.0. The number of aromatic nitrogens is 3. The quantitative estimate of drug-likeness (QED) is 0.511. The fourth-order valence-corrected chi connectivity index (χ4v) is 5.77. The van der Waals surface area contributed by atoms with Gasteiger partial charge in [0.1, 0.15) is 17.2 Å². The number of nitrogens with zero attached hydrogens (tertiary/aromatic N) is 5. The second-order valence-corrected chi connectivity index (χ2v) is 10.4. The van der Waals surface area contributed by atoms with Gasteiger partial charge in [0, 0.05) is 101 Å². The molecule has 2 saturated heterocycles. The lowest BCUT2D eigenvalue weighted by Crippen LogP contribution is -2.58. The Hall–Kier alpha value is -3.30. The summed E-state index contributed by atoms with van der Waals surface area (Å²) in [5.41, 5.74) is 3.55. The molecule has 9 nitrogen and oxygen atoms in total. The van der Waals surface area contributed by atoms with E-state index in [1.165, 1.54) is 0 Å². The van der Waals surface area contributed by atoms with Crippen LogP contribution in [-0.4, -0.2) is 94.3 Å². The van der Waals surface area contributed by atoms with Gasteiger partial charge in [-0.3, -0.25) is 9.59 Å². The van der Waals surface area contributed by atoms with Crippen molar-refractivity contribution in [2.24, 2.45) is 0 Å². The highest BCUT2D eigenvalue weighted by Crippen LogP contribution is 2.30. The Bertz CT molecular complexity index is 1250. The number of hydrogen-bond donors (Lipinski definition) is 2. The molecule has 2 aliphatic heterocycles. The number of H-pyrrole nitrogens is 1. The molecule has 2 aliphatic rings. The molecule has 37 heavy (non-hydrogen) atoms. The van der Waals surface area contributed by atoms with Gasteiger partial charge in [0.05, 0.1) is 5.69 Å². The van der Waals surface area contributed by atoms with Crippen molar-refractivity contribution in [3.8, 4) is 11.3 Å². The van der Waals surface area contributed by atoms with E-state index >= 15 is 0 Å². The van der Waals surface area contributed by atoms with E-state index in [2.05, 4.69) is 45.0 Å². The molecule has 5 rings (SSSR count). The number of piperazine rings is 2. The molecule has 0 aliphatic carbocycles. The van der Waals surface area contributed by atoms with Crippen LogP contribution in [-0.2, 0) is 16.0 Å². The predicted molar refractivity (Wildman–Crippen MR) is 146 cm³/mol. The van der Waals surface area contributed by atoms with Gasteiger partial charge in [0.2, 0.25) is 5.91 Å². The van der Waals surface area contributed by atoms with Gasteiger partial charge in [-0.15, -0.1) is 0 Å². The molecule has 0 radical (unpaired) electrons. The summed E-state index contributed by atoms with van der Waals surface area (Å²) in [6.07, 6.45) is 4.70. The summed E-state index contributed by atoms with van der Waals surface area (Å²) >= 11 is 0. The number of anilines is 1. The molecule has 2 fully saturated rings. The Kier molecular flexibility index (Phi) is 7.53. The van der Waals surface area contributed by atoms with Crippen LogP contribution in [0.25, 0.3) is 22.3 Å². The molecule has 3 aromatic rings. The average Bonchev–Trinajstić information content (AvgIpc) is 3.31. The fourth-order valence-electron chi connectivity index (χ4n) is 5.77. The largest absolute Gasteiger partial charge is 0.352 e. The van der Waals surface area contributed by atoms with Gasteiger partial charge in [-0.25, -0.2) is 9.97 Å². The number of pyridine rings is 2. The minimum Gasteiger partial charge on any atom is -0.352 e. The maximum absolute atomic E-state index is 12.7. The van der Waals surface area contributed by atoms with Gasteiger partial charge < -0.3 is 25.0 Å². The fraction of sp³-hybridized carbons (Fsp3) is 0.500. The second-order valence-electron chi connectivity index (χ2n) is 10.4. The maximum Gasteiger partial charge on any atom is 0.220 e. The van der Waals surface area contributed by atoms with E-state index in [-0.39, 0.29) is 23.8 Å². The van der Waals surface area contributed by atoms with Crippen molar-refractivity contribution in [1.82, 2.24) is 30.1 Å². The van der Waals surface area contributed by atoms with Crippen molar-refractivity contribution in [3.63, 3.8) is 0 Å². The van der Waals surface area contributed by atoms with Crippen LogP contribution >= 0.6 is 0 Å². The van der Waals surface area contributed by atoms with Crippen LogP contribution in [0, 0.1) is 0 Å². The molecule has 196 valence electrons. The molecule has 0 bridgehead atoms. The normalized spacial score (nSPS) is 20.9. The van der Waals surface area contributed by atoms with Crippen LogP contribution in [0.2, 0.25) is 0 Å². The summed E-state index contributed by atoms with van der Waals surface area (Å²) in [4.78, 5) is 44.2. The van der Waals surface area contributed by atoms with Gasteiger partial charge in [-0.05, 0) is 37.6 Å². The zero-order chi connectivity index (χ0) is 25.9. The lowest BCUT2D eigenvalue weighted by atomic mass is 10.0. The molecule has 9 heteroatoms. The van der Waals surface area contributed by atoms with Crippen LogP contribution in [0.5, 0.6) is 0 Å². The maximum atomic E-state index is 12.7. The van der Waals surface area contributed by atoms with E-state index in [1.54, 1.807) is 13.1 Å². The number of hydrogen-bond acceptors (Lipinski definition) is 7. The van der Waals surface area contributed by atoms with Crippen molar-refractivity contribution < 1.29 is 9.59 Å². The van der Waals surface area contributed by atoms with E-state index in [0.717, 1.165) is 79.5 Å². The van der Waals surface area contributed by atoms with Gasteiger partial charge in [0.25, 0.3) is 0 Å². The first kappa shape index (κ1) is 25.4. The highest BCUT2D eigenvalue weighted by atomic mass is 16.2. The average molecular weight is 504 g/mol. The van der Waals surface area contributed by atoms with E-state index < -0.39 is 0 Å². The number of nitrogens with one attached hydrogen (secondary N) is 2. The first-order chi connectivity index (χ1) is 17.9. The Labute approximate surface area is 218 Å². The Morgan fingerprint density at radius 2 is 1.86 bits per heavy atom. The number of rotatable bonds is 7. The van der Waals surface area contributed by atoms with Crippen LogP contribution < -0.4 is 10.2 Å². The molecule has 0 spiro atoms.